The number of carbonyl (C=O) groups excluding carboxylic acids is 1. The van der Waals surface area contributed by atoms with Gasteiger partial charge >= 0.3 is 0 Å². The molecule has 3 heterocycles. The number of likely N-dealkylation sites (tertiary alicyclic amines) is 1. The van der Waals surface area contributed by atoms with Crippen LogP contribution in [-0.2, 0) is 16.1 Å². The Bertz CT molecular complexity index is 477. The number of amides is 1. The first-order valence-electron chi connectivity index (χ1n) is 7.12. The van der Waals surface area contributed by atoms with Gasteiger partial charge in [0.15, 0.2) is 0 Å². The molecule has 5 heteroatoms. The average molecular weight is 275 g/mol. The fourth-order valence-corrected chi connectivity index (χ4v) is 3.32. The number of fused-ring (bicyclic) bond motifs is 1. The number of hydrogen-bond acceptors (Lipinski definition) is 4. The van der Waals surface area contributed by atoms with Crippen molar-refractivity contribution in [3.63, 3.8) is 0 Å². The largest absolute Gasteiger partial charge is 0.376 e. The highest BCUT2D eigenvalue weighted by molar-refractivity contribution is 5.79. The van der Waals surface area contributed by atoms with Crippen molar-refractivity contribution in [1.29, 1.82) is 0 Å². The lowest BCUT2D eigenvalue weighted by Crippen LogP contribution is -2.37. The van der Waals surface area contributed by atoms with Crippen molar-refractivity contribution in [2.75, 3.05) is 27.2 Å². The summed E-state index contributed by atoms with van der Waals surface area (Å²) in [5.41, 5.74) is 1.24. The summed E-state index contributed by atoms with van der Waals surface area (Å²) < 4.78 is 5.83. The number of nitrogens with zero attached hydrogens (tertiary/aromatic N) is 3. The molecule has 0 aromatic carbocycles. The number of rotatable bonds is 3. The number of carbonyl (C=O) groups is 1. The fourth-order valence-electron chi connectivity index (χ4n) is 3.32. The van der Waals surface area contributed by atoms with Gasteiger partial charge < -0.3 is 9.64 Å². The summed E-state index contributed by atoms with van der Waals surface area (Å²) in [6.07, 6.45) is 4.71. The molecule has 0 bridgehead atoms. The van der Waals surface area contributed by atoms with E-state index in [0.29, 0.717) is 6.04 Å². The van der Waals surface area contributed by atoms with Crippen molar-refractivity contribution >= 4 is 5.91 Å². The third kappa shape index (κ3) is 2.43. The van der Waals surface area contributed by atoms with Crippen molar-refractivity contribution in [2.45, 2.75) is 25.1 Å². The normalized spacial score (nSPS) is 29.4. The van der Waals surface area contributed by atoms with E-state index in [9.17, 15) is 4.79 Å². The lowest BCUT2D eigenvalue weighted by Gasteiger charge is -2.22. The molecule has 2 aliphatic rings. The van der Waals surface area contributed by atoms with Crippen molar-refractivity contribution < 1.29 is 9.53 Å². The number of hydrogen-bond donors (Lipinski definition) is 0. The highest BCUT2D eigenvalue weighted by Gasteiger charge is 2.48. The highest BCUT2D eigenvalue weighted by Crippen LogP contribution is 2.35. The summed E-state index contributed by atoms with van der Waals surface area (Å²) in [5.74, 6) is 0.151. The van der Waals surface area contributed by atoms with E-state index in [-0.39, 0.29) is 17.9 Å². The smallest absolute Gasteiger partial charge is 0.229 e. The zero-order valence-electron chi connectivity index (χ0n) is 12.0. The van der Waals surface area contributed by atoms with E-state index in [1.165, 1.54) is 5.56 Å². The molecule has 0 unspecified atom stereocenters. The first kappa shape index (κ1) is 13.5. The molecule has 2 aliphatic heterocycles. The van der Waals surface area contributed by atoms with Gasteiger partial charge in [-0.3, -0.25) is 14.7 Å². The van der Waals surface area contributed by atoms with E-state index in [1.807, 2.05) is 38.6 Å². The minimum absolute atomic E-state index is 0.0284. The molecule has 2 saturated heterocycles. The first-order valence-corrected chi connectivity index (χ1v) is 7.12. The maximum Gasteiger partial charge on any atom is 0.229 e. The van der Waals surface area contributed by atoms with Crippen molar-refractivity contribution in [2.24, 2.45) is 5.92 Å². The maximum absolute atomic E-state index is 12.3. The highest BCUT2D eigenvalue weighted by atomic mass is 16.5. The van der Waals surface area contributed by atoms with Crippen LogP contribution >= 0.6 is 0 Å². The molecule has 0 spiro atoms. The predicted molar refractivity (Wildman–Crippen MR) is 75.0 cm³/mol. The first-order chi connectivity index (χ1) is 9.66. The topological polar surface area (TPSA) is 45.7 Å². The molecule has 1 aromatic heterocycles. The van der Waals surface area contributed by atoms with Gasteiger partial charge in [0.2, 0.25) is 5.91 Å². The lowest BCUT2D eigenvalue weighted by molar-refractivity contribution is -0.135. The Labute approximate surface area is 119 Å². The molecule has 3 atom stereocenters. The molecule has 2 fully saturated rings. The van der Waals surface area contributed by atoms with Crippen LogP contribution in [-0.4, -0.2) is 60.1 Å². The van der Waals surface area contributed by atoms with Gasteiger partial charge in [0, 0.05) is 52.2 Å². The standard InChI is InChI=1S/C15H21N3O2/c1-17(2)15(19)12-10-18(13-5-8-20-14(12)13)9-11-3-6-16-7-4-11/h3-4,6-7,12-14H,5,8-10H2,1-2H3/t12-,13+,14+/m0/s1. The third-order valence-electron chi connectivity index (χ3n) is 4.29. The van der Waals surface area contributed by atoms with E-state index in [2.05, 4.69) is 9.88 Å². The summed E-state index contributed by atoms with van der Waals surface area (Å²) in [6, 6.07) is 4.44. The predicted octanol–water partition coefficient (Wildman–Crippen LogP) is 0.759. The van der Waals surface area contributed by atoms with Gasteiger partial charge in [-0.25, -0.2) is 0 Å². The summed E-state index contributed by atoms with van der Waals surface area (Å²) >= 11 is 0. The van der Waals surface area contributed by atoms with Gasteiger partial charge in [-0.05, 0) is 24.1 Å². The molecule has 1 amide bonds. The number of ether oxygens (including phenoxy) is 1. The van der Waals surface area contributed by atoms with Crippen LogP contribution in [0, 0.1) is 5.92 Å². The summed E-state index contributed by atoms with van der Waals surface area (Å²) in [5, 5.41) is 0. The van der Waals surface area contributed by atoms with E-state index >= 15 is 0 Å². The quantitative estimate of drug-likeness (QED) is 0.817. The summed E-state index contributed by atoms with van der Waals surface area (Å²) in [7, 11) is 3.63. The Kier molecular flexibility index (Phi) is 3.72. The van der Waals surface area contributed by atoms with Crippen LogP contribution in [0.5, 0.6) is 0 Å². The molecular weight excluding hydrogens is 254 g/mol. The van der Waals surface area contributed by atoms with Gasteiger partial charge in [-0.15, -0.1) is 0 Å². The second kappa shape index (κ2) is 5.50. The molecule has 0 saturated carbocycles. The molecule has 0 N–H and O–H groups in total. The average Bonchev–Trinajstić information content (AvgIpc) is 3.03. The second-order valence-electron chi connectivity index (χ2n) is 5.82. The molecule has 0 aliphatic carbocycles. The molecule has 1 aromatic rings. The minimum Gasteiger partial charge on any atom is -0.376 e. The SMILES string of the molecule is CN(C)C(=O)[C@H]1CN(Cc2ccncc2)[C@@H]2CCO[C@H]12. The molecule has 5 nitrogen and oxygen atoms in total. The van der Waals surface area contributed by atoms with Crippen molar-refractivity contribution in [3.8, 4) is 0 Å². The summed E-state index contributed by atoms with van der Waals surface area (Å²) in [6.45, 7) is 2.41. The monoisotopic (exact) mass is 275 g/mol. The van der Waals surface area contributed by atoms with Crippen molar-refractivity contribution in [3.05, 3.63) is 30.1 Å². The minimum atomic E-state index is -0.0284. The van der Waals surface area contributed by atoms with E-state index in [1.54, 1.807) is 4.90 Å². The van der Waals surface area contributed by atoms with Gasteiger partial charge in [0.1, 0.15) is 0 Å². The van der Waals surface area contributed by atoms with Crippen LogP contribution < -0.4 is 0 Å². The number of pyridine rings is 1. The second-order valence-corrected chi connectivity index (χ2v) is 5.82. The van der Waals surface area contributed by atoms with Crippen LogP contribution in [0.1, 0.15) is 12.0 Å². The van der Waals surface area contributed by atoms with Gasteiger partial charge in [-0.2, -0.15) is 0 Å². The van der Waals surface area contributed by atoms with Crippen molar-refractivity contribution in [1.82, 2.24) is 14.8 Å². The zero-order chi connectivity index (χ0) is 14.1. The van der Waals surface area contributed by atoms with Crippen LogP contribution in [0.4, 0.5) is 0 Å². The van der Waals surface area contributed by atoms with Gasteiger partial charge in [-0.1, -0.05) is 0 Å². The van der Waals surface area contributed by atoms with Crippen LogP contribution in [0.3, 0.4) is 0 Å². The van der Waals surface area contributed by atoms with Crippen LogP contribution in [0.2, 0.25) is 0 Å². The Balaban J connectivity index is 1.75. The molecule has 0 radical (unpaired) electrons. The molecule has 20 heavy (non-hydrogen) atoms. The zero-order valence-corrected chi connectivity index (χ0v) is 12.0. The summed E-state index contributed by atoms with van der Waals surface area (Å²) in [4.78, 5) is 20.4. The molecular formula is C15H21N3O2. The molecule has 108 valence electrons. The molecule has 3 rings (SSSR count). The Morgan fingerprint density at radius 1 is 1.45 bits per heavy atom. The van der Waals surface area contributed by atoms with Crippen LogP contribution in [0.15, 0.2) is 24.5 Å². The van der Waals surface area contributed by atoms with E-state index in [4.69, 9.17) is 4.74 Å². The Morgan fingerprint density at radius 2 is 2.20 bits per heavy atom. The fraction of sp³-hybridized carbons (Fsp3) is 0.600. The Hall–Kier alpha value is -1.46. The number of aromatic nitrogens is 1. The lowest BCUT2D eigenvalue weighted by atomic mass is 10.0. The van der Waals surface area contributed by atoms with Gasteiger partial charge in [0.25, 0.3) is 0 Å². The van der Waals surface area contributed by atoms with Crippen LogP contribution in [0.25, 0.3) is 0 Å². The Morgan fingerprint density at radius 3 is 2.90 bits per heavy atom. The van der Waals surface area contributed by atoms with E-state index < -0.39 is 0 Å². The maximum atomic E-state index is 12.3. The van der Waals surface area contributed by atoms with Gasteiger partial charge in [0.05, 0.1) is 12.0 Å². The van der Waals surface area contributed by atoms with E-state index in [0.717, 1.165) is 26.1 Å². The third-order valence-corrected chi connectivity index (χ3v) is 4.29.